The van der Waals surface area contributed by atoms with Crippen molar-refractivity contribution < 1.29 is 23.8 Å². The fraction of sp³-hybridized carbons (Fsp3) is 0.318. The molecule has 0 unspecified atom stereocenters. The van der Waals surface area contributed by atoms with E-state index in [4.69, 9.17) is 14.2 Å². The molecule has 0 radical (unpaired) electrons. The molecule has 2 saturated heterocycles. The van der Waals surface area contributed by atoms with E-state index in [1.54, 1.807) is 29.4 Å². The molecule has 4 aliphatic rings. The number of aromatic nitrogens is 1. The summed E-state index contributed by atoms with van der Waals surface area (Å²) in [4.78, 5) is 32.2. The highest BCUT2D eigenvalue weighted by Crippen LogP contribution is 2.53. The number of pyridine rings is 1. The van der Waals surface area contributed by atoms with Crippen LogP contribution in [0.4, 0.5) is 5.69 Å². The van der Waals surface area contributed by atoms with Crippen LogP contribution in [0.15, 0.2) is 54.9 Å². The van der Waals surface area contributed by atoms with Crippen LogP contribution in [0.25, 0.3) is 0 Å². The highest BCUT2D eigenvalue weighted by Gasteiger charge is 2.67. The number of nitrogens with one attached hydrogen (secondary N) is 1. The van der Waals surface area contributed by atoms with Crippen molar-refractivity contribution in [3.8, 4) is 11.5 Å². The van der Waals surface area contributed by atoms with E-state index in [9.17, 15) is 9.59 Å². The average molecular weight is 405 g/mol. The third kappa shape index (κ3) is 2.46. The van der Waals surface area contributed by atoms with Crippen LogP contribution in [0.5, 0.6) is 11.5 Å². The van der Waals surface area contributed by atoms with E-state index < -0.39 is 17.4 Å². The minimum atomic E-state index is -0.769. The van der Waals surface area contributed by atoms with E-state index in [2.05, 4.69) is 10.3 Å². The quantitative estimate of drug-likeness (QED) is 0.774. The van der Waals surface area contributed by atoms with Crippen molar-refractivity contribution in [2.45, 2.75) is 18.2 Å². The molecule has 1 aromatic carbocycles. The number of hydrogen-bond donors (Lipinski definition) is 1. The molecule has 2 aromatic rings. The van der Waals surface area contributed by atoms with Crippen LogP contribution >= 0.6 is 0 Å². The number of anilines is 1. The molecule has 5 heterocycles. The minimum absolute atomic E-state index is 0.109. The summed E-state index contributed by atoms with van der Waals surface area (Å²) in [6, 6.07) is 9.14. The fourth-order valence-electron chi connectivity index (χ4n) is 4.88. The van der Waals surface area contributed by atoms with Gasteiger partial charge in [0.1, 0.15) is 5.60 Å². The topological polar surface area (TPSA) is 90.0 Å². The monoisotopic (exact) mass is 405 g/mol. The number of carbonyl (C=O) groups is 2. The molecular weight excluding hydrogens is 386 g/mol. The maximum Gasteiger partial charge on any atom is 0.234 e. The van der Waals surface area contributed by atoms with Gasteiger partial charge in [0.2, 0.25) is 18.6 Å². The highest BCUT2D eigenvalue weighted by atomic mass is 16.7. The molecule has 2 fully saturated rings. The van der Waals surface area contributed by atoms with Gasteiger partial charge in [-0.15, -0.1) is 0 Å². The maximum atomic E-state index is 13.4. The van der Waals surface area contributed by atoms with Gasteiger partial charge in [-0.1, -0.05) is 18.2 Å². The van der Waals surface area contributed by atoms with Crippen LogP contribution in [0.2, 0.25) is 0 Å². The first-order chi connectivity index (χ1) is 14.6. The summed E-state index contributed by atoms with van der Waals surface area (Å²) >= 11 is 0. The summed E-state index contributed by atoms with van der Waals surface area (Å²) in [6.45, 7) is 0.904. The Balaban J connectivity index is 1.25. The molecule has 8 heteroatoms. The van der Waals surface area contributed by atoms with Crippen molar-refractivity contribution in [3.63, 3.8) is 0 Å². The molecule has 2 amide bonds. The van der Waals surface area contributed by atoms with Gasteiger partial charge in [-0.3, -0.25) is 14.6 Å². The SMILES string of the molecule is O=C(NCc1cccnc1)[C@H]1[C@H]2C=C[C@@]3(CN(c4ccc5c(c4)OCO5)C(=O)[C@@H]13)O2. The van der Waals surface area contributed by atoms with Gasteiger partial charge in [-0.25, -0.2) is 0 Å². The summed E-state index contributed by atoms with van der Waals surface area (Å²) in [7, 11) is 0. The number of rotatable bonds is 4. The van der Waals surface area contributed by atoms with Gasteiger partial charge >= 0.3 is 0 Å². The van der Waals surface area contributed by atoms with Gasteiger partial charge in [-0.05, 0) is 23.8 Å². The van der Waals surface area contributed by atoms with Crippen molar-refractivity contribution in [2.24, 2.45) is 11.8 Å². The first kappa shape index (κ1) is 17.5. The highest BCUT2D eigenvalue weighted by molar-refractivity contribution is 6.03. The number of benzene rings is 1. The Morgan fingerprint density at radius 2 is 2.17 bits per heavy atom. The number of ether oxygens (including phenoxy) is 3. The molecular formula is C22H19N3O5. The lowest BCUT2D eigenvalue weighted by Crippen LogP contribution is -2.44. The van der Waals surface area contributed by atoms with Crippen LogP contribution in [-0.4, -0.2) is 41.8 Å². The van der Waals surface area contributed by atoms with Crippen LogP contribution in [0.1, 0.15) is 5.56 Å². The zero-order valence-electron chi connectivity index (χ0n) is 16.0. The molecule has 2 bridgehead atoms. The molecule has 4 aliphatic heterocycles. The molecule has 0 aliphatic carbocycles. The molecule has 1 spiro atoms. The Morgan fingerprint density at radius 3 is 3.03 bits per heavy atom. The summed E-state index contributed by atoms with van der Waals surface area (Å²) < 4.78 is 17.0. The number of hydrogen-bond acceptors (Lipinski definition) is 6. The van der Waals surface area contributed by atoms with Gasteiger partial charge in [0, 0.05) is 30.7 Å². The van der Waals surface area contributed by atoms with Crippen LogP contribution in [0, 0.1) is 11.8 Å². The van der Waals surface area contributed by atoms with E-state index in [-0.39, 0.29) is 24.7 Å². The third-order valence-corrected chi connectivity index (χ3v) is 6.26. The zero-order chi connectivity index (χ0) is 20.3. The van der Waals surface area contributed by atoms with Crippen molar-refractivity contribution in [2.75, 3.05) is 18.2 Å². The predicted molar refractivity (Wildman–Crippen MR) is 105 cm³/mol. The number of amides is 2. The molecule has 0 saturated carbocycles. The maximum absolute atomic E-state index is 13.4. The molecule has 4 atom stereocenters. The Hall–Kier alpha value is -3.39. The third-order valence-electron chi connectivity index (χ3n) is 6.26. The molecule has 152 valence electrons. The summed E-state index contributed by atoms with van der Waals surface area (Å²) in [6.07, 6.45) is 6.86. The first-order valence-corrected chi connectivity index (χ1v) is 9.89. The Bertz CT molecular complexity index is 1070. The van der Waals surface area contributed by atoms with Gasteiger partial charge in [0.15, 0.2) is 11.5 Å². The average Bonchev–Trinajstić information content (AvgIpc) is 3.53. The number of carbonyl (C=O) groups excluding carboxylic acids is 2. The van der Waals surface area contributed by atoms with Crippen LogP contribution < -0.4 is 19.7 Å². The van der Waals surface area contributed by atoms with Gasteiger partial charge in [0.25, 0.3) is 0 Å². The van der Waals surface area contributed by atoms with Crippen LogP contribution in [0.3, 0.4) is 0 Å². The number of fused-ring (bicyclic) bond motifs is 2. The Kier molecular flexibility index (Phi) is 3.67. The van der Waals surface area contributed by atoms with Gasteiger partial charge in [0.05, 0.1) is 24.5 Å². The van der Waals surface area contributed by atoms with Crippen molar-refractivity contribution in [1.82, 2.24) is 10.3 Å². The molecule has 30 heavy (non-hydrogen) atoms. The summed E-state index contributed by atoms with van der Waals surface area (Å²) in [5.74, 6) is -0.122. The van der Waals surface area contributed by atoms with Gasteiger partial charge in [-0.2, -0.15) is 0 Å². The molecule has 8 nitrogen and oxygen atoms in total. The second-order valence-electron chi connectivity index (χ2n) is 7.94. The van der Waals surface area contributed by atoms with E-state index in [0.29, 0.717) is 30.3 Å². The van der Waals surface area contributed by atoms with E-state index >= 15 is 0 Å². The smallest absolute Gasteiger partial charge is 0.234 e. The van der Waals surface area contributed by atoms with Crippen molar-refractivity contribution >= 4 is 17.5 Å². The minimum Gasteiger partial charge on any atom is -0.454 e. The summed E-state index contributed by atoms with van der Waals surface area (Å²) in [5.41, 5.74) is 0.844. The predicted octanol–water partition coefficient (Wildman–Crippen LogP) is 1.41. The fourth-order valence-corrected chi connectivity index (χ4v) is 4.88. The summed E-state index contributed by atoms with van der Waals surface area (Å²) in [5, 5.41) is 2.94. The van der Waals surface area contributed by atoms with E-state index in [0.717, 1.165) is 5.56 Å². The van der Waals surface area contributed by atoms with E-state index in [1.165, 1.54) is 0 Å². The van der Waals surface area contributed by atoms with Crippen molar-refractivity contribution in [3.05, 3.63) is 60.4 Å². The standard InChI is InChI=1S/C22H19N3O5/c26-20(24-10-13-2-1-7-23-9-13)18-16-5-6-22(30-16)11-25(21(27)19(18)22)14-3-4-15-17(8-14)29-12-28-15/h1-9,16,18-19H,10-12H2,(H,24,26)/t16-,18+,19-,22+/m1/s1. The normalized spacial score (nSPS) is 30.1. The Labute approximate surface area is 172 Å². The Morgan fingerprint density at radius 1 is 1.27 bits per heavy atom. The van der Waals surface area contributed by atoms with E-state index in [1.807, 2.05) is 30.4 Å². The number of nitrogens with zero attached hydrogens (tertiary/aromatic N) is 2. The van der Waals surface area contributed by atoms with Crippen molar-refractivity contribution in [1.29, 1.82) is 0 Å². The largest absolute Gasteiger partial charge is 0.454 e. The second kappa shape index (κ2) is 6.30. The molecule has 1 aromatic heterocycles. The van der Waals surface area contributed by atoms with Gasteiger partial charge < -0.3 is 24.4 Å². The zero-order valence-corrected chi connectivity index (χ0v) is 16.0. The lowest BCUT2D eigenvalue weighted by molar-refractivity contribution is -0.132. The second-order valence-corrected chi connectivity index (χ2v) is 7.94. The first-order valence-electron chi connectivity index (χ1n) is 9.89. The lowest BCUT2D eigenvalue weighted by atomic mass is 9.77. The lowest BCUT2D eigenvalue weighted by Gasteiger charge is -2.23. The molecule has 6 rings (SSSR count). The molecule has 1 N–H and O–H groups in total. The van der Waals surface area contributed by atoms with Crippen LogP contribution in [-0.2, 0) is 20.9 Å².